The van der Waals surface area contributed by atoms with Gasteiger partial charge in [-0.2, -0.15) is 0 Å². The second kappa shape index (κ2) is 8.68. The van der Waals surface area contributed by atoms with Crippen LogP contribution in [0, 0.1) is 5.82 Å². The predicted octanol–water partition coefficient (Wildman–Crippen LogP) is 2.78. The number of benzene rings is 2. The van der Waals surface area contributed by atoms with Crippen LogP contribution in [0.15, 0.2) is 48.5 Å². The van der Waals surface area contributed by atoms with Gasteiger partial charge in [0.2, 0.25) is 0 Å². The standard InChI is InChI=1S/C18H18FNO5/c1-12(18(22)20-15-5-3-4-6-16(15)23-2)25-17(21)11-24-14-9-7-13(19)8-10-14/h3-10,12H,11H2,1-2H3,(H,20,22)/t12-/m0/s1. The van der Waals surface area contributed by atoms with Gasteiger partial charge >= 0.3 is 5.97 Å². The molecule has 0 saturated heterocycles. The van der Waals surface area contributed by atoms with Crippen LogP contribution in [0.2, 0.25) is 0 Å². The third-order valence-electron chi connectivity index (χ3n) is 3.21. The van der Waals surface area contributed by atoms with Crippen molar-refractivity contribution >= 4 is 17.6 Å². The summed E-state index contributed by atoms with van der Waals surface area (Å²) < 4.78 is 28.1. The van der Waals surface area contributed by atoms with Gasteiger partial charge in [-0.25, -0.2) is 9.18 Å². The molecule has 0 heterocycles. The molecule has 0 aromatic heterocycles. The van der Waals surface area contributed by atoms with Crippen molar-refractivity contribution in [2.24, 2.45) is 0 Å². The van der Waals surface area contributed by atoms with E-state index in [2.05, 4.69) is 5.32 Å². The summed E-state index contributed by atoms with van der Waals surface area (Å²) in [6, 6.07) is 12.1. The number of para-hydroxylation sites is 2. The van der Waals surface area contributed by atoms with Crippen molar-refractivity contribution in [3.05, 3.63) is 54.3 Å². The van der Waals surface area contributed by atoms with E-state index in [4.69, 9.17) is 14.2 Å². The predicted molar refractivity (Wildman–Crippen MR) is 89.1 cm³/mol. The van der Waals surface area contributed by atoms with Gasteiger partial charge in [-0.15, -0.1) is 0 Å². The van der Waals surface area contributed by atoms with Crippen LogP contribution in [-0.2, 0) is 14.3 Å². The molecule has 1 N–H and O–H groups in total. The van der Waals surface area contributed by atoms with Crippen LogP contribution in [0.3, 0.4) is 0 Å². The number of carbonyl (C=O) groups excluding carboxylic acids is 2. The SMILES string of the molecule is COc1ccccc1NC(=O)[C@H](C)OC(=O)COc1ccc(F)cc1. The van der Waals surface area contributed by atoms with E-state index in [0.717, 1.165) is 0 Å². The van der Waals surface area contributed by atoms with E-state index in [-0.39, 0.29) is 0 Å². The number of halogens is 1. The number of ether oxygens (including phenoxy) is 3. The lowest BCUT2D eigenvalue weighted by atomic mass is 10.2. The van der Waals surface area contributed by atoms with Crippen molar-refractivity contribution in [2.45, 2.75) is 13.0 Å². The van der Waals surface area contributed by atoms with Crippen molar-refractivity contribution in [2.75, 3.05) is 19.0 Å². The van der Waals surface area contributed by atoms with Crippen LogP contribution >= 0.6 is 0 Å². The number of carbonyl (C=O) groups is 2. The second-order valence-corrected chi connectivity index (χ2v) is 5.06. The smallest absolute Gasteiger partial charge is 0.344 e. The summed E-state index contributed by atoms with van der Waals surface area (Å²) in [7, 11) is 1.49. The molecule has 0 aliphatic heterocycles. The summed E-state index contributed by atoms with van der Waals surface area (Å²) in [6.45, 7) is 1.05. The zero-order valence-electron chi connectivity index (χ0n) is 13.8. The van der Waals surface area contributed by atoms with E-state index in [0.29, 0.717) is 17.2 Å². The van der Waals surface area contributed by atoms with Gasteiger partial charge in [0.1, 0.15) is 17.3 Å². The number of methoxy groups -OCH3 is 1. The van der Waals surface area contributed by atoms with Crippen LogP contribution in [-0.4, -0.2) is 31.7 Å². The van der Waals surface area contributed by atoms with Gasteiger partial charge < -0.3 is 19.5 Å². The maximum absolute atomic E-state index is 12.8. The quantitative estimate of drug-likeness (QED) is 0.780. The topological polar surface area (TPSA) is 73.9 Å². The summed E-state index contributed by atoms with van der Waals surface area (Å²) in [6.07, 6.45) is -1.02. The first-order valence-electron chi connectivity index (χ1n) is 7.51. The van der Waals surface area contributed by atoms with Crippen LogP contribution < -0.4 is 14.8 Å². The van der Waals surface area contributed by atoms with Crippen molar-refractivity contribution in [1.29, 1.82) is 0 Å². The van der Waals surface area contributed by atoms with E-state index in [1.165, 1.54) is 38.3 Å². The number of esters is 1. The Hall–Kier alpha value is -3.09. The third-order valence-corrected chi connectivity index (χ3v) is 3.21. The fraction of sp³-hybridized carbons (Fsp3) is 0.222. The maximum Gasteiger partial charge on any atom is 0.344 e. The van der Waals surface area contributed by atoms with Crippen molar-refractivity contribution in [1.82, 2.24) is 0 Å². The van der Waals surface area contributed by atoms with Gasteiger partial charge in [0.05, 0.1) is 12.8 Å². The zero-order chi connectivity index (χ0) is 18.2. The van der Waals surface area contributed by atoms with Gasteiger partial charge in [-0.3, -0.25) is 4.79 Å². The Kier molecular flexibility index (Phi) is 6.33. The van der Waals surface area contributed by atoms with Gasteiger partial charge in [0.15, 0.2) is 12.7 Å². The van der Waals surface area contributed by atoms with Gasteiger partial charge in [-0.05, 0) is 43.3 Å². The van der Waals surface area contributed by atoms with Crippen molar-refractivity contribution in [3.8, 4) is 11.5 Å². The number of anilines is 1. The Balaban J connectivity index is 1.83. The molecule has 2 aromatic carbocycles. The van der Waals surface area contributed by atoms with E-state index >= 15 is 0 Å². The molecule has 1 amide bonds. The highest BCUT2D eigenvalue weighted by Crippen LogP contribution is 2.23. The molecule has 2 rings (SSSR count). The van der Waals surface area contributed by atoms with Gasteiger partial charge in [0.25, 0.3) is 5.91 Å². The fourth-order valence-electron chi connectivity index (χ4n) is 1.94. The summed E-state index contributed by atoms with van der Waals surface area (Å²) in [5, 5.41) is 2.62. The van der Waals surface area contributed by atoms with E-state index in [1.54, 1.807) is 24.3 Å². The van der Waals surface area contributed by atoms with E-state index < -0.39 is 30.4 Å². The molecule has 0 aliphatic carbocycles. The highest BCUT2D eigenvalue weighted by molar-refractivity contribution is 5.96. The lowest BCUT2D eigenvalue weighted by molar-refractivity contribution is -0.155. The maximum atomic E-state index is 12.8. The lowest BCUT2D eigenvalue weighted by Gasteiger charge is -2.15. The first kappa shape index (κ1) is 18.3. The Bertz CT molecular complexity index is 733. The largest absolute Gasteiger partial charge is 0.495 e. The Labute approximate surface area is 144 Å². The molecular weight excluding hydrogens is 329 g/mol. The first-order chi connectivity index (χ1) is 12.0. The molecule has 0 radical (unpaired) electrons. The van der Waals surface area contributed by atoms with Crippen LogP contribution in [0.1, 0.15) is 6.92 Å². The highest BCUT2D eigenvalue weighted by atomic mass is 19.1. The second-order valence-electron chi connectivity index (χ2n) is 5.06. The Morgan fingerprint density at radius 3 is 2.48 bits per heavy atom. The van der Waals surface area contributed by atoms with Gasteiger partial charge in [-0.1, -0.05) is 12.1 Å². The average molecular weight is 347 g/mol. The van der Waals surface area contributed by atoms with E-state index in [1.807, 2.05) is 0 Å². The Morgan fingerprint density at radius 2 is 1.80 bits per heavy atom. The molecule has 132 valence electrons. The molecule has 2 aromatic rings. The minimum atomic E-state index is -1.02. The number of nitrogens with one attached hydrogen (secondary N) is 1. The summed E-state index contributed by atoms with van der Waals surface area (Å²) in [5.41, 5.74) is 0.473. The lowest BCUT2D eigenvalue weighted by Crippen LogP contribution is -2.31. The summed E-state index contributed by atoms with van der Waals surface area (Å²) in [5.74, 6) is -0.804. The minimum Gasteiger partial charge on any atom is -0.495 e. The van der Waals surface area contributed by atoms with Crippen LogP contribution in [0.5, 0.6) is 11.5 Å². The summed E-state index contributed by atoms with van der Waals surface area (Å²) >= 11 is 0. The monoisotopic (exact) mass is 347 g/mol. The first-order valence-corrected chi connectivity index (χ1v) is 7.51. The van der Waals surface area contributed by atoms with Crippen molar-refractivity contribution in [3.63, 3.8) is 0 Å². The normalized spacial score (nSPS) is 11.3. The minimum absolute atomic E-state index is 0.324. The Morgan fingerprint density at radius 1 is 1.12 bits per heavy atom. The highest BCUT2D eigenvalue weighted by Gasteiger charge is 2.19. The molecule has 0 bridgehead atoms. The number of amides is 1. The zero-order valence-corrected chi connectivity index (χ0v) is 13.8. The molecule has 0 saturated carbocycles. The van der Waals surface area contributed by atoms with Crippen LogP contribution in [0.4, 0.5) is 10.1 Å². The molecule has 1 atom stereocenters. The summed E-state index contributed by atoms with van der Waals surface area (Å²) in [4.78, 5) is 23.8. The fourth-order valence-corrected chi connectivity index (χ4v) is 1.94. The average Bonchev–Trinajstić information content (AvgIpc) is 2.61. The molecule has 25 heavy (non-hydrogen) atoms. The molecule has 0 aliphatic rings. The molecule has 0 fully saturated rings. The van der Waals surface area contributed by atoms with Crippen LogP contribution in [0.25, 0.3) is 0 Å². The molecule has 7 heteroatoms. The number of hydrogen-bond donors (Lipinski definition) is 1. The molecule has 6 nitrogen and oxygen atoms in total. The van der Waals surface area contributed by atoms with Crippen molar-refractivity contribution < 1.29 is 28.2 Å². The molecule has 0 spiro atoms. The third kappa shape index (κ3) is 5.49. The number of hydrogen-bond acceptors (Lipinski definition) is 5. The molecule has 0 unspecified atom stereocenters. The van der Waals surface area contributed by atoms with E-state index in [9.17, 15) is 14.0 Å². The number of rotatable bonds is 7. The van der Waals surface area contributed by atoms with Gasteiger partial charge in [0, 0.05) is 0 Å². The molecular formula is C18H18FNO5.